The highest BCUT2D eigenvalue weighted by atomic mass is 79.9. The topological polar surface area (TPSA) is 60.2 Å². The molecule has 4 nitrogen and oxygen atoms in total. The van der Waals surface area contributed by atoms with E-state index in [2.05, 4.69) is 26.3 Å². The maximum Gasteiger partial charge on any atom is 0.221 e. The lowest BCUT2D eigenvalue weighted by Crippen LogP contribution is -2.08. The number of pyridine rings is 1. The molecule has 3 N–H and O–H groups in total. The van der Waals surface area contributed by atoms with Crippen molar-refractivity contribution in [2.75, 3.05) is 5.43 Å². The predicted molar refractivity (Wildman–Crippen MR) is 66.2 cm³/mol. The van der Waals surface area contributed by atoms with Crippen molar-refractivity contribution in [3.05, 3.63) is 46.7 Å². The smallest absolute Gasteiger partial charge is 0.221 e. The van der Waals surface area contributed by atoms with Crippen molar-refractivity contribution >= 4 is 21.7 Å². The molecule has 0 aliphatic rings. The molecule has 0 amide bonds. The molecule has 0 unspecified atom stereocenters. The fourth-order valence-corrected chi connectivity index (χ4v) is 1.70. The third kappa shape index (κ3) is 3.15. The van der Waals surface area contributed by atoms with E-state index in [0.717, 1.165) is 0 Å². The molecule has 17 heavy (non-hydrogen) atoms. The highest BCUT2D eigenvalue weighted by Crippen LogP contribution is 2.25. The van der Waals surface area contributed by atoms with E-state index in [9.17, 15) is 4.39 Å². The van der Waals surface area contributed by atoms with Gasteiger partial charge in [-0.1, -0.05) is 22.0 Å². The second kappa shape index (κ2) is 5.11. The average Bonchev–Trinajstić information content (AvgIpc) is 2.28. The second-order valence-electron chi connectivity index (χ2n) is 3.21. The molecule has 0 saturated heterocycles. The summed E-state index contributed by atoms with van der Waals surface area (Å²) in [4.78, 5) is 4.05. The molecular formula is C11H9BrFN3O. The molecule has 1 heterocycles. The molecule has 88 valence electrons. The molecular weight excluding hydrogens is 289 g/mol. The Morgan fingerprint density at radius 3 is 2.82 bits per heavy atom. The quantitative estimate of drug-likeness (QED) is 0.675. The number of aromatic nitrogens is 1. The highest BCUT2D eigenvalue weighted by molar-refractivity contribution is 9.10. The summed E-state index contributed by atoms with van der Waals surface area (Å²) in [6.45, 7) is 0. The number of rotatable bonds is 3. The zero-order valence-electron chi connectivity index (χ0n) is 8.65. The average molecular weight is 298 g/mol. The first-order valence-corrected chi connectivity index (χ1v) is 5.54. The molecule has 2 rings (SSSR count). The molecule has 0 spiro atoms. The summed E-state index contributed by atoms with van der Waals surface area (Å²) in [5.74, 6) is 6.00. The van der Waals surface area contributed by atoms with Gasteiger partial charge in [-0.15, -0.1) is 0 Å². The minimum Gasteiger partial charge on any atom is -0.439 e. The Morgan fingerprint density at radius 1 is 1.29 bits per heavy atom. The van der Waals surface area contributed by atoms with Gasteiger partial charge in [0.05, 0.1) is 0 Å². The third-order valence-electron chi connectivity index (χ3n) is 1.93. The van der Waals surface area contributed by atoms with Gasteiger partial charge < -0.3 is 10.2 Å². The Balaban J connectivity index is 2.24. The first kappa shape index (κ1) is 11.8. The normalized spacial score (nSPS) is 10.1. The Bertz CT molecular complexity index is 516. The van der Waals surface area contributed by atoms with Crippen LogP contribution in [0, 0.1) is 5.82 Å². The molecule has 0 saturated carbocycles. The minimum absolute atomic E-state index is 0.331. The van der Waals surface area contributed by atoms with Crippen LogP contribution in [0.4, 0.5) is 10.2 Å². The summed E-state index contributed by atoms with van der Waals surface area (Å²) in [5.41, 5.74) is 2.40. The van der Waals surface area contributed by atoms with Crippen LogP contribution in [0.15, 0.2) is 40.9 Å². The number of benzene rings is 1. The minimum atomic E-state index is -0.387. The number of nitrogens with two attached hydrogens (primary N) is 1. The van der Waals surface area contributed by atoms with Crippen LogP contribution in [0.3, 0.4) is 0 Å². The van der Waals surface area contributed by atoms with Gasteiger partial charge in [-0.2, -0.15) is 4.98 Å². The highest BCUT2D eigenvalue weighted by Gasteiger charge is 2.03. The fraction of sp³-hybridized carbons (Fsp3) is 0. The third-order valence-corrected chi connectivity index (χ3v) is 2.39. The SMILES string of the molecule is NNc1cccc(Oc2cc(F)cc(Br)c2)n1. The molecule has 0 aliphatic heterocycles. The van der Waals surface area contributed by atoms with Crippen LogP contribution >= 0.6 is 15.9 Å². The van der Waals surface area contributed by atoms with E-state index in [1.54, 1.807) is 24.3 Å². The van der Waals surface area contributed by atoms with Gasteiger partial charge in [-0.3, -0.25) is 0 Å². The van der Waals surface area contributed by atoms with Crippen molar-refractivity contribution in [3.8, 4) is 11.6 Å². The summed E-state index contributed by atoms with van der Waals surface area (Å²) in [6.07, 6.45) is 0. The lowest BCUT2D eigenvalue weighted by Gasteiger charge is -2.06. The number of hydrazine groups is 1. The largest absolute Gasteiger partial charge is 0.439 e. The summed E-state index contributed by atoms with van der Waals surface area (Å²) in [5, 5.41) is 0. The van der Waals surface area contributed by atoms with Gasteiger partial charge in [0, 0.05) is 16.6 Å². The summed E-state index contributed by atoms with van der Waals surface area (Å²) >= 11 is 3.18. The molecule has 1 aromatic heterocycles. The first-order valence-electron chi connectivity index (χ1n) is 4.75. The summed E-state index contributed by atoms with van der Waals surface area (Å²) in [7, 11) is 0. The van der Waals surface area contributed by atoms with E-state index in [4.69, 9.17) is 10.6 Å². The number of ether oxygens (including phenoxy) is 1. The van der Waals surface area contributed by atoms with Gasteiger partial charge in [0.25, 0.3) is 0 Å². The Kier molecular flexibility index (Phi) is 3.55. The monoisotopic (exact) mass is 297 g/mol. The van der Waals surface area contributed by atoms with Crippen molar-refractivity contribution in [2.45, 2.75) is 0 Å². The number of anilines is 1. The van der Waals surface area contributed by atoms with E-state index >= 15 is 0 Å². The molecule has 1 aromatic carbocycles. The van der Waals surface area contributed by atoms with Crippen LogP contribution < -0.4 is 16.0 Å². The maximum absolute atomic E-state index is 13.1. The van der Waals surface area contributed by atoms with Gasteiger partial charge in [-0.05, 0) is 18.2 Å². The van der Waals surface area contributed by atoms with E-state index in [1.165, 1.54) is 12.1 Å². The van der Waals surface area contributed by atoms with Gasteiger partial charge in [0.15, 0.2) is 0 Å². The zero-order chi connectivity index (χ0) is 12.3. The molecule has 0 fully saturated rings. The number of nitrogen functional groups attached to an aromatic ring is 1. The molecule has 0 aliphatic carbocycles. The van der Waals surface area contributed by atoms with Gasteiger partial charge in [-0.25, -0.2) is 10.2 Å². The van der Waals surface area contributed by atoms with Gasteiger partial charge in [0.1, 0.15) is 17.4 Å². The number of nitrogens with zero attached hydrogens (tertiary/aromatic N) is 1. The van der Waals surface area contributed by atoms with Crippen LogP contribution in [0.25, 0.3) is 0 Å². The number of hydrogen-bond donors (Lipinski definition) is 2. The molecule has 0 atom stereocenters. The van der Waals surface area contributed by atoms with Crippen LogP contribution in [-0.4, -0.2) is 4.98 Å². The van der Waals surface area contributed by atoms with Crippen LogP contribution in [-0.2, 0) is 0 Å². The molecule has 0 bridgehead atoms. The van der Waals surface area contributed by atoms with Crippen LogP contribution in [0.2, 0.25) is 0 Å². The number of hydrogen-bond acceptors (Lipinski definition) is 4. The zero-order valence-corrected chi connectivity index (χ0v) is 10.2. The molecule has 6 heteroatoms. The standard InChI is InChI=1S/C11H9BrFN3O/c12-7-4-8(13)6-9(5-7)17-11-3-1-2-10(15-11)16-14/h1-6H,14H2,(H,15,16). The Labute approximate surface area is 106 Å². The predicted octanol–water partition coefficient (Wildman–Crippen LogP) is 3.06. The van der Waals surface area contributed by atoms with Crippen LogP contribution in [0.1, 0.15) is 0 Å². The van der Waals surface area contributed by atoms with Crippen LogP contribution in [0.5, 0.6) is 11.6 Å². The lowest BCUT2D eigenvalue weighted by atomic mass is 10.3. The first-order chi connectivity index (χ1) is 8.17. The van der Waals surface area contributed by atoms with Crippen molar-refractivity contribution in [2.24, 2.45) is 5.84 Å². The molecule has 2 aromatic rings. The Hall–Kier alpha value is -1.66. The fourth-order valence-electron chi connectivity index (χ4n) is 1.26. The van der Waals surface area contributed by atoms with E-state index in [0.29, 0.717) is 21.9 Å². The summed E-state index contributed by atoms with van der Waals surface area (Å²) in [6, 6.07) is 9.33. The van der Waals surface area contributed by atoms with Crippen molar-refractivity contribution in [1.29, 1.82) is 0 Å². The summed E-state index contributed by atoms with van der Waals surface area (Å²) < 4.78 is 19.1. The van der Waals surface area contributed by atoms with E-state index in [1.807, 2.05) is 0 Å². The lowest BCUT2D eigenvalue weighted by molar-refractivity contribution is 0.458. The number of halogens is 2. The van der Waals surface area contributed by atoms with Crippen molar-refractivity contribution in [1.82, 2.24) is 4.98 Å². The molecule has 0 radical (unpaired) electrons. The van der Waals surface area contributed by atoms with Crippen molar-refractivity contribution in [3.63, 3.8) is 0 Å². The Morgan fingerprint density at radius 2 is 2.12 bits per heavy atom. The van der Waals surface area contributed by atoms with Gasteiger partial charge in [0.2, 0.25) is 5.88 Å². The maximum atomic E-state index is 13.1. The second-order valence-corrected chi connectivity index (χ2v) is 4.13. The van der Waals surface area contributed by atoms with E-state index in [-0.39, 0.29) is 5.82 Å². The van der Waals surface area contributed by atoms with Gasteiger partial charge >= 0.3 is 0 Å². The van der Waals surface area contributed by atoms with E-state index < -0.39 is 0 Å². The van der Waals surface area contributed by atoms with Crippen molar-refractivity contribution < 1.29 is 9.13 Å². The number of nitrogens with one attached hydrogen (secondary N) is 1.